The van der Waals surface area contributed by atoms with Crippen molar-refractivity contribution in [2.45, 2.75) is 53.1 Å². The summed E-state index contributed by atoms with van der Waals surface area (Å²) >= 11 is 0. The van der Waals surface area contributed by atoms with Gasteiger partial charge in [-0.15, -0.1) is 0 Å². The summed E-state index contributed by atoms with van der Waals surface area (Å²) in [7, 11) is 0. The van der Waals surface area contributed by atoms with Gasteiger partial charge in [-0.3, -0.25) is 10.1 Å². The van der Waals surface area contributed by atoms with Crippen LogP contribution < -0.4 is 16.2 Å². The van der Waals surface area contributed by atoms with E-state index in [1.165, 1.54) is 6.07 Å². The normalized spacial score (nSPS) is 24.8. The van der Waals surface area contributed by atoms with Gasteiger partial charge in [-0.1, -0.05) is 20.8 Å². The third-order valence-corrected chi connectivity index (χ3v) is 4.41. The number of urea groups is 1. The summed E-state index contributed by atoms with van der Waals surface area (Å²) in [6, 6.07) is 0.917. The fourth-order valence-corrected chi connectivity index (χ4v) is 3.91. The maximum Gasteiger partial charge on any atom is 0.321 e. The number of rotatable bonds is 4. The lowest BCUT2D eigenvalue weighted by Crippen LogP contribution is -2.46. The van der Waals surface area contributed by atoms with Crippen molar-refractivity contribution in [1.82, 2.24) is 15.3 Å². The number of aromatic nitrogens is 2. The molecule has 0 spiro atoms. The molecule has 2 unspecified atom stereocenters. The molecule has 136 valence electrons. The molecule has 1 heterocycles. The maximum atomic E-state index is 12.1. The molecule has 0 saturated heterocycles. The molecule has 3 N–H and O–H groups in total. The largest absolute Gasteiger partial charge is 0.424 e. The Bertz CT molecular complexity index is 737. The van der Waals surface area contributed by atoms with E-state index in [9.17, 15) is 9.59 Å². The molecule has 25 heavy (non-hydrogen) atoms. The lowest BCUT2D eigenvalue weighted by atomic mass is 9.63. The summed E-state index contributed by atoms with van der Waals surface area (Å²) in [4.78, 5) is 30.0. The van der Waals surface area contributed by atoms with Gasteiger partial charge in [0, 0.05) is 18.3 Å². The van der Waals surface area contributed by atoms with Crippen molar-refractivity contribution in [3.63, 3.8) is 0 Å². The third-order valence-electron chi connectivity index (χ3n) is 4.41. The molecule has 1 aromatic heterocycles. The van der Waals surface area contributed by atoms with Gasteiger partial charge in [-0.2, -0.15) is 10.2 Å². The molecule has 1 aromatic rings. The highest BCUT2D eigenvalue weighted by Crippen LogP contribution is 2.46. The summed E-state index contributed by atoms with van der Waals surface area (Å²) < 4.78 is 5.17. The SMILES string of the molecule is Cc1cc(=O)nc(NC(=O)NCC2(C)CC(OC#N)CC(C)(C)C2)[nH]1. The number of hydrogen-bond donors (Lipinski definition) is 3. The number of H-pyrrole nitrogens is 1. The zero-order valence-corrected chi connectivity index (χ0v) is 15.1. The molecule has 0 aliphatic heterocycles. The molecular weight excluding hydrogens is 322 g/mol. The summed E-state index contributed by atoms with van der Waals surface area (Å²) in [5.41, 5.74) is 0.0427. The van der Waals surface area contributed by atoms with Gasteiger partial charge in [-0.05, 0) is 37.0 Å². The number of anilines is 1. The summed E-state index contributed by atoms with van der Waals surface area (Å²) in [5.74, 6) is 0.113. The molecule has 1 fully saturated rings. The number of amides is 2. The van der Waals surface area contributed by atoms with Crippen LogP contribution in [0, 0.1) is 29.3 Å². The standard InChI is InChI=1S/C17H25N5O3/c1-11-5-13(23)21-14(20-11)22-15(24)19-9-17(4)7-12(25-10-18)6-16(2,3)8-17/h5,12H,6-9H2,1-4H3,(H3,19,20,21,22,23,24). The van der Waals surface area contributed by atoms with Crippen LogP contribution in [0.2, 0.25) is 0 Å². The first kappa shape index (κ1) is 18.8. The topological polar surface area (TPSA) is 120 Å². The van der Waals surface area contributed by atoms with E-state index >= 15 is 0 Å². The van der Waals surface area contributed by atoms with Crippen LogP contribution in [-0.4, -0.2) is 28.6 Å². The number of ether oxygens (including phenoxy) is 1. The number of nitriles is 1. The molecule has 1 aliphatic carbocycles. The number of hydrogen-bond acceptors (Lipinski definition) is 5. The van der Waals surface area contributed by atoms with Crippen molar-refractivity contribution in [3.05, 3.63) is 22.1 Å². The van der Waals surface area contributed by atoms with Crippen LogP contribution in [0.1, 0.15) is 45.7 Å². The van der Waals surface area contributed by atoms with Crippen molar-refractivity contribution in [2.24, 2.45) is 10.8 Å². The van der Waals surface area contributed by atoms with Crippen molar-refractivity contribution in [1.29, 1.82) is 5.26 Å². The molecule has 0 radical (unpaired) electrons. The van der Waals surface area contributed by atoms with Gasteiger partial charge < -0.3 is 15.0 Å². The van der Waals surface area contributed by atoms with E-state index in [-0.39, 0.29) is 22.9 Å². The zero-order valence-electron chi connectivity index (χ0n) is 15.1. The number of carbonyl (C=O) groups excluding carboxylic acids is 1. The lowest BCUT2D eigenvalue weighted by molar-refractivity contribution is -0.00938. The van der Waals surface area contributed by atoms with E-state index in [4.69, 9.17) is 10.00 Å². The van der Waals surface area contributed by atoms with Crippen LogP contribution in [0.15, 0.2) is 10.9 Å². The number of carbonyl (C=O) groups is 1. The van der Waals surface area contributed by atoms with Crippen molar-refractivity contribution < 1.29 is 9.53 Å². The fourth-order valence-electron chi connectivity index (χ4n) is 3.91. The molecule has 8 heteroatoms. The molecule has 0 aromatic carbocycles. The Labute approximate surface area is 147 Å². The van der Waals surface area contributed by atoms with Gasteiger partial charge in [0.1, 0.15) is 6.10 Å². The molecule has 2 atom stereocenters. The average Bonchev–Trinajstić information content (AvgIpc) is 2.42. The predicted octanol–water partition coefficient (Wildman–Crippen LogP) is 2.28. The third kappa shape index (κ3) is 5.48. The van der Waals surface area contributed by atoms with E-state index in [1.807, 2.05) is 0 Å². The number of nitrogens with zero attached hydrogens (tertiary/aromatic N) is 2. The van der Waals surface area contributed by atoms with Gasteiger partial charge in [-0.25, -0.2) is 4.79 Å². The summed E-state index contributed by atoms with van der Waals surface area (Å²) in [6.45, 7) is 8.50. The molecule has 2 rings (SSSR count). The van der Waals surface area contributed by atoms with Gasteiger partial charge in [0.25, 0.3) is 11.8 Å². The Kier molecular flexibility index (Phi) is 5.36. The second kappa shape index (κ2) is 7.13. The molecule has 0 bridgehead atoms. The Morgan fingerprint density at radius 1 is 1.48 bits per heavy atom. The van der Waals surface area contributed by atoms with Crippen LogP contribution in [0.25, 0.3) is 0 Å². The van der Waals surface area contributed by atoms with E-state index in [2.05, 4.69) is 41.4 Å². The van der Waals surface area contributed by atoms with Gasteiger partial charge in [0.05, 0.1) is 0 Å². The van der Waals surface area contributed by atoms with E-state index in [0.29, 0.717) is 18.7 Å². The Balaban J connectivity index is 1.97. The van der Waals surface area contributed by atoms with E-state index in [0.717, 1.165) is 12.8 Å². The minimum atomic E-state index is -0.434. The molecule has 8 nitrogen and oxygen atoms in total. The van der Waals surface area contributed by atoms with Gasteiger partial charge >= 0.3 is 6.03 Å². The first-order valence-electron chi connectivity index (χ1n) is 8.28. The van der Waals surface area contributed by atoms with Crippen LogP contribution in [-0.2, 0) is 4.74 Å². The predicted molar refractivity (Wildman–Crippen MR) is 92.8 cm³/mol. The smallest absolute Gasteiger partial charge is 0.321 e. The highest BCUT2D eigenvalue weighted by molar-refractivity contribution is 5.87. The van der Waals surface area contributed by atoms with Crippen molar-refractivity contribution in [3.8, 4) is 6.26 Å². The first-order valence-corrected chi connectivity index (χ1v) is 8.28. The monoisotopic (exact) mass is 347 g/mol. The van der Waals surface area contributed by atoms with Crippen LogP contribution in [0.3, 0.4) is 0 Å². The van der Waals surface area contributed by atoms with Gasteiger partial charge in [0.2, 0.25) is 5.95 Å². The summed E-state index contributed by atoms with van der Waals surface area (Å²) in [5, 5.41) is 14.2. The second-order valence-electron chi connectivity index (χ2n) is 7.95. The lowest BCUT2D eigenvalue weighted by Gasteiger charge is -2.45. The zero-order chi connectivity index (χ0) is 18.7. The minimum absolute atomic E-state index is 0.0238. The van der Waals surface area contributed by atoms with Crippen molar-refractivity contribution >= 4 is 12.0 Å². The Hall–Kier alpha value is -2.56. The van der Waals surface area contributed by atoms with Crippen LogP contribution >= 0.6 is 0 Å². The van der Waals surface area contributed by atoms with E-state index in [1.54, 1.807) is 13.2 Å². The maximum absolute atomic E-state index is 12.1. The number of aryl methyl sites for hydroxylation is 1. The second-order valence-corrected chi connectivity index (χ2v) is 7.95. The van der Waals surface area contributed by atoms with Gasteiger partial charge in [0.15, 0.2) is 0 Å². The number of aromatic amines is 1. The minimum Gasteiger partial charge on any atom is -0.424 e. The Morgan fingerprint density at radius 3 is 2.84 bits per heavy atom. The Morgan fingerprint density at radius 2 is 2.20 bits per heavy atom. The van der Waals surface area contributed by atoms with Crippen LogP contribution in [0.4, 0.5) is 10.7 Å². The molecular formula is C17H25N5O3. The molecule has 2 amide bonds. The summed E-state index contributed by atoms with van der Waals surface area (Å²) in [6.07, 6.45) is 4.06. The highest BCUT2D eigenvalue weighted by atomic mass is 16.5. The highest BCUT2D eigenvalue weighted by Gasteiger charge is 2.42. The van der Waals surface area contributed by atoms with E-state index < -0.39 is 11.6 Å². The van der Waals surface area contributed by atoms with Crippen LogP contribution in [0.5, 0.6) is 0 Å². The molecule has 1 aliphatic rings. The average molecular weight is 347 g/mol. The van der Waals surface area contributed by atoms with Crippen molar-refractivity contribution in [2.75, 3.05) is 11.9 Å². The fraction of sp³-hybridized carbons (Fsp3) is 0.647. The molecule has 1 saturated carbocycles. The first-order chi connectivity index (χ1) is 11.6. The quantitative estimate of drug-likeness (QED) is 0.722. The number of nitrogens with one attached hydrogen (secondary N) is 3.